The number of hydrogen-bond acceptors (Lipinski definition) is 11. The Morgan fingerprint density at radius 2 is 1.92 bits per heavy atom. The van der Waals surface area contributed by atoms with Gasteiger partial charge in [0, 0.05) is 12.1 Å². The third-order valence-corrected chi connectivity index (χ3v) is 3.81. The Morgan fingerprint density at radius 3 is 2.46 bits per heavy atom. The molecule has 0 unspecified atom stereocenters. The predicted molar refractivity (Wildman–Crippen MR) is 86.6 cm³/mol. The molecule has 0 bridgehead atoms. The highest BCUT2D eigenvalue weighted by atomic mass is 32.2. The fraction of sp³-hybridized carbons (Fsp3) is 0.167. The number of nitro groups is 1. The van der Waals surface area contributed by atoms with Crippen LogP contribution in [0, 0.1) is 10.1 Å². The summed E-state index contributed by atoms with van der Waals surface area (Å²) < 4.78 is 42.0. The van der Waals surface area contributed by atoms with Crippen molar-refractivity contribution in [3.8, 4) is 11.9 Å². The molecule has 0 fully saturated rings. The molecular weight excluding hydrogens is 372 g/mol. The molecule has 2 aromatic rings. The van der Waals surface area contributed by atoms with Gasteiger partial charge in [-0.25, -0.2) is 0 Å². The van der Waals surface area contributed by atoms with Gasteiger partial charge >= 0.3 is 6.01 Å². The predicted octanol–water partition coefficient (Wildman–Crippen LogP) is 1.65. The normalized spacial score (nSPS) is 11.5. The summed E-state index contributed by atoms with van der Waals surface area (Å²) in [5.41, 5.74) is 4.65. The molecular formula is C12H12N6O7S. The molecule has 1 aromatic heterocycles. The van der Waals surface area contributed by atoms with Crippen LogP contribution < -0.4 is 15.2 Å². The van der Waals surface area contributed by atoms with Crippen molar-refractivity contribution in [1.29, 1.82) is 0 Å². The monoisotopic (exact) mass is 384 g/mol. The quantitative estimate of drug-likeness (QED) is 0.320. The molecule has 0 radical (unpaired) electrons. The number of methoxy groups -OCH3 is 2. The van der Waals surface area contributed by atoms with Gasteiger partial charge in [0.15, 0.2) is 11.5 Å². The first kappa shape index (κ1) is 18.9. The Labute approximate surface area is 146 Å². The number of ether oxygens (including phenoxy) is 2. The molecule has 0 spiro atoms. The maximum atomic E-state index is 11.5. The summed E-state index contributed by atoms with van der Waals surface area (Å²) in [4.78, 5) is 16.8. The van der Waals surface area contributed by atoms with Gasteiger partial charge in [0.1, 0.15) is 10.6 Å². The Bertz CT molecular complexity index is 992. The van der Waals surface area contributed by atoms with Crippen LogP contribution in [0.1, 0.15) is 0 Å². The van der Waals surface area contributed by atoms with E-state index in [0.29, 0.717) is 6.07 Å². The van der Waals surface area contributed by atoms with E-state index in [4.69, 9.17) is 15.2 Å². The summed E-state index contributed by atoms with van der Waals surface area (Å²) in [5, 5.41) is 18.1. The van der Waals surface area contributed by atoms with Crippen molar-refractivity contribution in [2.24, 2.45) is 10.2 Å². The summed E-state index contributed by atoms with van der Waals surface area (Å²) in [6, 6.07) is 2.55. The minimum absolute atomic E-state index is 0.0905. The van der Waals surface area contributed by atoms with Crippen molar-refractivity contribution in [2.45, 2.75) is 4.90 Å². The van der Waals surface area contributed by atoms with Gasteiger partial charge in [-0.05, 0) is 6.07 Å². The number of nitro benzene ring substituents is 1. The van der Waals surface area contributed by atoms with E-state index in [9.17, 15) is 23.1 Å². The Morgan fingerprint density at radius 1 is 1.23 bits per heavy atom. The zero-order valence-corrected chi connectivity index (χ0v) is 14.2. The lowest BCUT2D eigenvalue weighted by atomic mass is 10.3. The second-order valence-electron chi connectivity index (χ2n) is 4.54. The van der Waals surface area contributed by atoms with Gasteiger partial charge in [0.05, 0.1) is 19.1 Å². The van der Waals surface area contributed by atoms with Crippen LogP contribution in [0.4, 0.5) is 22.9 Å². The second kappa shape index (κ2) is 7.24. The highest BCUT2D eigenvalue weighted by Gasteiger charge is 2.21. The highest BCUT2D eigenvalue weighted by molar-refractivity contribution is 7.86. The third-order valence-electron chi connectivity index (χ3n) is 2.92. The van der Waals surface area contributed by atoms with Crippen molar-refractivity contribution in [3.63, 3.8) is 0 Å². The molecule has 1 heterocycles. The molecule has 0 saturated heterocycles. The van der Waals surface area contributed by atoms with E-state index in [1.54, 1.807) is 0 Å². The molecule has 26 heavy (non-hydrogen) atoms. The smallest absolute Gasteiger partial charge is 0.321 e. The van der Waals surface area contributed by atoms with Gasteiger partial charge < -0.3 is 15.2 Å². The van der Waals surface area contributed by atoms with E-state index in [2.05, 4.69) is 20.2 Å². The number of rotatable bonds is 6. The fourth-order valence-electron chi connectivity index (χ4n) is 1.77. The number of benzene rings is 1. The summed E-state index contributed by atoms with van der Waals surface area (Å²) in [6.07, 6.45) is 0. The minimum atomic E-state index is -4.80. The molecule has 13 nitrogen and oxygen atoms in total. The van der Waals surface area contributed by atoms with Crippen LogP contribution in [0.3, 0.4) is 0 Å². The van der Waals surface area contributed by atoms with Crippen LogP contribution in [0.25, 0.3) is 0 Å². The van der Waals surface area contributed by atoms with E-state index in [-0.39, 0.29) is 29.1 Å². The number of aromatic nitrogens is 2. The number of nitrogens with zero attached hydrogens (tertiary/aromatic N) is 5. The third kappa shape index (κ3) is 3.98. The lowest BCUT2D eigenvalue weighted by Gasteiger charge is -2.07. The molecule has 14 heteroatoms. The highest BCUT2D eigenvalue weighted by Crippen LogP contribution is 2.35. The zero-order valence-electron chi connectivity index (χ0n) is 13.4. The standard InChI is InChI=1S/C12H12N6O7S/c1-24-11-9(10(13)14-12(15-11)25-2)17-16-7-4-3-6(18(19)20)5-8(7)26(21,22)23/h3-5H,1-2H3,(H2,13,14,15)(H,21,22,23)/b17-16+. The number of anilines is 1. The maximum absolute atomic E-state index is 11.5. The van der Waals surface area contributed by atoms with E-state index in [1.165, 1.54) is 14.2 Å². The van der Waals surface area contributed by atoms with Crippen LogP contribution in [0.2, 0.25) is 0 Å². The van der Waals surface area contributed by atoms with E-state index in [1.807, 2.05) is 0 Å². The fourth-order valence-corrected chi connectivity index (χ4v) is 2.41. The van der Waals surface area contributed by atoms with Gasteiger partial charge in [-0.15, -0.1) is 10.2 Å². The maximum Gasteiger partial charge on any atom is 0.321 e. The molecule has 138 valence electrons. The summed E-state index contributed by atoms with van der Waals surface area (Å²) in [5.74, 6) is -0.277. The van der Waals surface area contributed by atoms with Crippen LogP contribution >= 0.6 is 0 Å². The summed E-state index contributed by atoms with van der Waals surface area (Å²) >= 11 is 0. The average molecular weight is 384 g/mol. The first-order chi connectivity index (χ1) is 12.2. The molecule has 0 aliphatic carbocycles. The number of nitrogen functional groups attached to an aromatic ring is 1. The van der Waals surface area contributed by atoms with Crippen molar-refractivity contribution in [1.82, 2.24) is 9.97 Å². The summed E-state index contributed by atoms with van der Waals surface area (Å²) in [7, 11) is -2.22. The van der Waals surface area contributed by atoms with Crippen LogP contribution in [0.5, 0.6) is 11.9 Å². The number of azo groups is 1. The minimum Gasteiger partial charge on any atom is -0.479 e. The SMILES string of the molecule is COc1nc(N)c(/N=N/c2ccc([N+](=O)[O-])cc2S(=O)(=O)O)c(OC)n1. The van der Waals surface area contributed by atoms with E-state index >= 15 is 0 Å². The first-order valence-corrected chi connectivity index (χ1v) is 8.04. The van der Waals surface area contributed by atoms with Gasteiger partial charge in [-0.2, -0.15) is 18.4 Å². The molecule has 2 rings (SSSR count). The zero-order chi connectivity index (χ0) is 19.5. The Hall–Kier alpha value is -3.39. The van der Waals surface area contributed by atoms with Crippen molar-refractivity contribution in [3.05, 3.63) is 28.3 Å². The molecule has 0 aliphatic heterocycles. The molecule has 0 aliphatic rings. The van der Waals surface area contributed by atoms with Crippen molar-refractivity contribution in [2.75, 3.05) is 20.0 Å². The lowest BCUT2D eigenvalue weighted by molar-refractivity contribution is -0.385. The van der Waals surface area contributed by atoms with E-state index in [0.717, 1.165) is 12.1 Å². The number of non-ortho nitro benzene ring substituents is 1. The average Bonchev–Trinajstić information content (AvgIpc) is 2.58. The number of hydrogen-bond donors (Lipinski definition) is 2. The number of nitrogens with two attached hydrogens (primary N) is 1. The largest absolute Gasteiger partial charge is 0.479 e. The van der Waals surface area contributed by atoms with Gasteiger partial charge in [0.2, 0.25) is 5.88 Å². The molecule has 0 saturated carbocycles. The van der Waals surface area contributed by atoms with Gasteiger partial charge in [0.25, 0.3) is 15.8 Å². The molecule has 0 atom stereocenters. The lowest BCUT2D eigenvalue weighted by Crippen LogP contribution is -2.01. The van der Waals surface area contributed by atoms with Gasteiger partial charge in [-0.3, -0.25) is 14.7 Å². The van der Waals surface area contributed by atoms with Crippen molar-refractivity contribution < 1.29 is 27.4 Å². The Balaban J connectivity index is 2.57. The van der Waals surface area contributed by atoms with E-state index < -0.39 is 25.6 Å². The topological polar surface area (TPSA) is 192 Å². The molecule has 0 amide bonds. The van der Waals surface area contributed by atoms with Crippen LogP contribution in [0.15, 0.2) is 33.3 Å². The molecule has 3 N–H and O–H groups in total. The van der Waals surface area contributed by atoms with Crippen molar-refractivity contribution >= 4 is 33.0 Å². The molecule has 1 aromatic carbocycles. The van der Waals surface area contributed by atoms with Gasteiger partial charge in [-0.1, -0.05) is 0 Å². The van der Waals surface area contributed by atoms with Crippen LogP contribution in [-0.2, 0) is 10.1 Å². The summed E-state index contributed by atoms with van der Waals surface area (Å²) in [6.45, 7) is 0. The first-order valence-electron chi connectivity index (χ1n) is 6.60. The Kier molecular flexibility index (Phi) is 5.27. The van der Waals surface area contributed by atoms with Crippen LogP contribution in [-0.4, -0.2) is 42.1 Å². The second-order valence-corrected chi connectivity index (χ2v) is 5.93.